The molecule has 5 heteroatoms. The van der Waals surface area contributed by atoms with E-state index in [2.05, 4.69) is 10.3 Å². The molecule has 22 heavy (non-hydrogen) atoms. The van der Waals surface area contributed by atoms with Crippen molar-refractivity contribution >= 4 is 17.5 Å². The lowest BCUT2D eigenvalue weighted by Gasteiger charge is -2.28. The van der Waals surface area contributed by atoms with Gasteiger partial charge in [0.1, 0.15) is 5.15 Å². The zero-order chi connectivity index (χ0) is 15.9. The van der Waals surface area contributed by atoms with Gasteiger partial charge in [0.25, 0.3) is 5.91 Å². The number of nitrogens with one attached hydrogen (secondary N) is 1. The van der Waals surface area contributed by atoms with Gasteiger partial charge in [-0.2, -0.15) is 0 Å². The standard InChI is InChI=1S/C17H25ClN2O2/c1-12-9-15(11-19-16(12)18)17(21)20-10-14-5-3-13(4-6-14)7-8-22-2/h9,11,13-14H,3-8,10H2,1-2H3,(H,20,21). The van der Waals surface area contributed by atoms with Crippen molar-refractivity contribution < 1.29 is 9.53 Å². The molecule has 1 aromatic heterocycles. The van der Waals surface area contributed by atoms with Gasteiger partial charge in [0, 0.05) is 26.5 Å². The highest BCUT2D eigenvalue weighted by molar-refractivity contribution is 6.30. The van der Waals surface area contributed by atoms with E-state index >= 15 is 0 Å². The summed E-state index contributed by atoms with van der Waals surface area (Å²) in [5.74, 6) is 1.31. The second-order valence-electron chi connectivity index (χ2n) is 6.21. The van der Waals surface area contributed by atoms with E-state index in [1.165, 1.54) is 31.9 Å². The number of ether oxygens (including phenoxy) is 1. The Balaban J connectivity index is 1.74. The fourth-order valence-corrected chi connectivity index (χ4v) is 3.13. The largest absolute Gasteiger partial charge is 0.385 e. The molecule has 2 rings (SSSR count). The lowest BCUT2D eigenvalue weighted by molar-refractivity contribution is 0.0939. The predicted octanol–water partition coefficient (Wildman–Crippen LogP) is 3.62. The van der Waals surface area contributed by atoms with Crippen molar-refractivity contribution in [2.75, 3.05) is 20.3 Å². The first kappa shape index (κ1) is 17.2. The molecule has 1 fully saturated rings. The summed E-state index contributed by atoms with van der Waals surface area (Å²) in [5, 5.41) is 3.48. The first-order valence-electron chi connectivity index (χ1n) is 7.99. The van der Waals surface area contributed by atoms with Crippen molar-refractivity contribution in [3.63, 3.8) is 0 Å². The van der Waals surface area contributed by atoms with Crippen molar-refractivity contribution in [2.45, 2.75) is 39.0 Å². The Morgan fingerprint density at radius 1 is 1.36 bits per heavy atom. The van der Waals surface area contributed by atoms with E-state index in [-0.39, 0.29) is 5.91 Å². The molecule has 0 radical (unpaired) electrons. The Hall–Kier alpha value is -1.13. The molecular weight excluding hydrogens is 300 g/mol. The molecule has 0 aliphatic heterocycles. The van der Waals surface area contributed by atoms with Crippen LogP contribution in [0.3, 0.4) is 0 Å². The quantitative estimate of drug-likeness (QED) is 0.813. The summed E-state index contributed by atoms with van der Waals surface area (Å²) in [7, 11) is 1.76. The number of carbonyl (C=O) groups is 1. The maximum Gasteiger partial charge on any atom is 0.252 e. The zero-order valence-electron chi connectivity index (χ0n) is 13.4. The molecule has 1 N–H and O–H groups in total. The monoisotopic (exact) mass is 324 g/mol. The van der Waals surface area contributed by atoms with Gasteiger partial charge in [0.2, 0.25) is 0 Å². The first-order chi connectivity index (χ1) is 10.6. The third-order valence-corrected chi connectivity index (χ3v) is 4.92. The Morgan fingerprint density at radius 2 is 2.05 bits per heavy atom. The highest BCUT2D eigenvalue weighted by atomic mass is 35.5. The average Bonchev–Trinajstić information content (AvgIpc) is 2.54. The molecule has 1 saturated carbocycles. The lowest BCUT2D eigenvalue weighted by atomic mass is 9.80. The van der Waals surface area contributed by atoms with E-state index < -0.39 is 0 Å². The van der Waals surface area contributed by atoms with E-state index in [4.69, 9.17) is 16.3 Å². The Bertz CT molecular complexity index is 499. The summed E-state index contributed by atoms with van der Waals surface area (Å²) in [4.78, 5) is 16.2. The lowest BCUT2D eigenvalue weighted by Crippen LogP contribution is -2.31. The third-order valence-electron chi connectivity index (χ3n) is 4.52. The van der Waals surface area contributed by atoms with Gasteiger partial charge < -0.3 is 10.1 Å². The van der Waals surface area contributed by atoms with Crippen LogP contribution in [0.4, 0.5) is 0 Å². The van der Waals surface area contributed by atoms with Gasteiger partial charge in [-0.05, 0) is 49.7 Å². The highest BCUT2D eigenvalue weighted by Gasteiger charge is 2.21. The van der Waals surface area contributed by atoms with Gasteiger partial charge in [-0.3, -0.25) is 4.79 Å². The van der Waals surface area contributed by atoms with Gasteiger partial charge in [-0.1, -0.05) is 24.4 Å². The topological polar surface area (TPSA) is 51.2 Å². The van der Waals surface area contributed by atoms with E-state index in [0.29, 0.717) is 16.6 Å². The van der Waals surface area contributed by atoms with Gasteiger partial charge in [0.15, 0.2) is 0 Å². The van der Waals surface area contributed by atoms with Crippen molar-refractivity contribution in [1.29, 1.82) is 0 Å². The molecular formula is C17H25ClN2O2. The van der Waals surface area contributed by atoms with Crippen LogP contribution in [-0.2, 0) is 4.74 Å². The summed E-state index contributed by atoms with van der Waals surface area (Å²) < 4.78 is 5.15. The average molecular weight is 325 g/mol. The normalized spacial score (nSPS) is 21.6. The van der Waals surface area contributed by atoms with E-state index in [0.717, 1.165) is 31.1 Å². The van der Waals surface area contributed by atoms with Gasteiger partial charge in [-0.15, -0.1) is 0 Å². The van der Waals surface area contributed by atoms with Gasteiger partial charge >= 0.3 is 0 Å². The molecule has 1 heterocycles. The highest BCUT2D eigenvalue weighted by Crippen LogP contribution is 2.30. The molecule has 0 unspecified atom stereocenters. The SMILES string of the molecule is COCCC1CCC(CNC(=O)c2cnc(Cl)c(C)c2)CC1. The summed E-state index contributed by atoms with van der Waals surface area (Å²) in [6.45, 7) is 3.46. The number of carbonyl (C=O) groups excluding carboxylic acids is 1. The van der Waals surface area contributed by atoms with Crippen molar-refractivity contribution in [3.8, 4) is 0 Å². The number of hydrogen-bond acceptors (Lipinski definition) is 3. The minimum absolute atomic E-state index is 0.0613. The number of nitrogens with zero attached hydrogens (tertiary/aromatic N) is 1. The fourth-order valence-electron chi connectivity index (χ4n) is 3.03. The summed E-state index contributed by atoms with van der Waals surface area (Å²) >= 11 is 5.88. The third kappa shape index (κ3) is 4.96. The Morgan fingerprint density at radius 3 is 2.68 bits per heavy atom. The molecule has 0 aromatic carbocycles. The van der Waals surface area contributed by atoms with Crippen LogP contribution in [0.5, 0.6) is 0 Å². The van der Waals surface area contributed by atoms with E-state index in [1.807, 2.05) is 6.92 Å². The Kier molecular flexibility index (Phi) is 6.65. The number of amides is 1. The number of aromatic nitrogens is 1. The first-order valence-corrected chi connectivity index (χ1v) is 8.37. The summed E-state index contributed by atoms with van der Waals surface area (Å²) in [6, 6.07) is 1.78. The van der Waals surface area contributed by atoms with Crippen molar-refractivity contribution in [1.82, 2.24) is 10.3 Å². The summed E-state index contributed by atoms with van der Waals surface area (Å²) in [6.07, 6.45) is 7.55. The molecule has 1 aliphatic carbocycles. The summed E-state index contributed by atoms with van der Waals surface area (Å²) in [5.41, 5.74) is 1.41. The molecule has 4 nitrogen and oxygen atoms in total. The number of hydrogen-bond donors (Lipinski definition) is 1. The molecule has 122 valence electrons. The minimum Gasteiger partial charge on any atom is -0.385 e. The van der Waals surface area contributed by atoms with Crippen LogP contribution in [0, 0.1) is 18.8 Å². The number of methoxy groups -OCH3 is 1. The fraction of sp³-hybridized carbons (Fsp3) is 0.647. The van der Waals surface area contributed by atoms with E-state index in [9.17, 15) is 4.79 Å². The number of pyridine rings is 1. The maximum absolute atomic E-state index is 12.1. The maximum atomic E-state index is 12.1. The predicted molar refractivity (Wildman–Crippen MR) is 88.3 cm³/mol. The molecule has 0 bridgehead atoms. The van der Waals surface area contributed by atoms with Crippen LogP contribution in [0.1, 0.15) is 48.0 Å². The number of halogens is 1. The molecule has 0 spiro atoms. The van der Waals surface area contributed by atoms with Gasteiger partial charge in [0.05, 0.1) is 5.56 Å². The number of aryl methyl sites for hydroxylation is 1. The molecule has 1 amide bonds. The van der Waals surface area contributed by atoms with Crippen LogP contribution >= 0.6 is 11.6 Å². The van der Waals surface area contributed by atoms with Crippen LogP contribution in [0.25, 0.3) is 0 Å². The van der Waals surface area contributed by atoms with Crippen molar-refractivity contribution in [2.24, 2.45) is 11.8 Å². The zero-order valence-corrected chi connectivity index (χ0v) is 14.2. The minimum atomic E-state index is -0.0613. The van der Waals surface area contributed by atoms with Crippen LogP contribution in [0.2, 0.25) is 5.15 Å². The second-order valence-corrected chi connectivity index (χ2v) is 6.57. The second kappa shape index (κ2) is 8.49. The van der Waals surface area contributed by atoms with Crippen molar-refractivity contribution in [3.05, 3.63) is 28.5 Å². The smallest absolute Gasteiger partial charge is 0.252 e. The molecule has 0 saturated heterocycles. The van der Waals surface area contributed by atoms with E-state index in [1.54, 1.807) is 13.2 Å². The van der Waals surface area contributed by atoms with Gasteiger partial charge in [-0.25, -0.2) is 4.98 Å². The number of rotatable bonds is 6. The Labute approximate surface area is 137 Å². The molecule has 1 aromatic rings. The van der Waals surface area contributed by atoms with Crippen LogP contribution < -0.4 is 5.32 Å². The van der Waals surface area contributed by atoms with Crippen LogP contribution in [0.15, 0.2) is 12.3 Å². The molecule has 0 atom stereocenters. The molecule has 1 aliphatic rings. The van der Waals surface area contributed by atoms with Crippen LogP contribution in [-0.4, -0.2) is 31.2 Å².